The molecule has 4 heteroatoms. The van der Waals surface area contributed by atoms with Crippen LogP contribution in [0, 0.1) is 0 Å². The fourth-order valence-corrected chi connectivity index (χ4v) is 3.16. The molecule has 0 spiro atoms. The van der Waals surface area contributed by atoms with Crippen molar-refractivity contribution >= 4 is 35.6 Å². The Balaban J connectivity index is 3.93. The van der Waals surface area contributed by atoms with Gasteiger partial charge in [-0.15, -0.1) is 0 Å². The first-order chi connectivity index (χ1) is 6.14. The van der Waals surface area contributed by atoms with Gasteiger partial charge in [0.15, 0.2) is 12.3 Å². The van der Waals surface area contributed by atoms with Crippen molar-refractivity contribution in [2.24, 2.45) is 0 Å². The molecule has 0 aliphatic heterocycles. The topological polar surface area (TPSA) is 0 Å². The number of hydrogen-bond donors (Lipinski definition) is 0. The van der Waals surface area contributed by atoms with Crippen LogP contribution in [0.15, 0.2) is 0 Å². The Labute approximate surface area is 99.9 Å². The molecule has 14 heavy (non-hydrogen) atoms. The van der Waals surface area contributed by atoms with Gasteiger partial charge in [-0.1, -0.05) is 54.8 Å². The lowest BCUT2D eigenvalue weighted by atomic mass is 9.50. The Morgan fingerprint density at radius 2 is 1.50 bits per heavy atom. The molecule has 0 bridgehead atoms. The van der Waals surface area contributed by atoms with Crippen LogP contribution >= 0.6 is 23.2 Å². The first-order valence-corrected chi connectivity index (χ1v) is 7.09. The summed E-state index contributed by atoms with van der Waals surface area (Å²) in [4.78, 5) is 0. The van der Waals surface area contributed by atoms with Crippen LogP contribution in [0.2, 0.25) is 6.32 Å². The Morgan fingerprint density at radius 3 is 1.79 bits per heavy atom. The molecule has 0 atom stereocenters. The lowest BCUT2D eigenvalue weighted by molar-refractivity contribution is 0.808. The van der Waals surface area contributed by atoms with Gasteiger partial charge in [-0.3, -0.25) is 0 Å². The third-order valence-electron chi connectivity index (χ3n) is 1.48. The van der Waals surface area contributed by atoms with Crippen LogP contribution in [-0.2, 0) is 0 Å². The van der Waals surface area contributed by atoms with Gasteiger partial charge in [0.05, 0.1) is 0 Å². The summed E-state index contributed by atoms with van der Waals surface area (Å²) in [5.41, 5.74) is 0. The average molecular weight is 229 g/mol. The van der Waals surface area contributed by atoms with E-state index in [0.29, 0.717) is 15.4 Å². The van der Waals surface area contributed by atoms with Crippen LogP contribution in [0.1, 0.15) is 48.5 Å². The van der Waals surface area contributed by atoms with Crippen molar-refractivity contribution in [2.75, 3.05) is 0 Å². The van der Waals surface area contributed by atoms with E-state index in [2.05, 4.69) is 66.5 Å². The first kappa shape index (κ1) is 14.8. The van der Waals surface area contributed by atoms with Gasteiger partial charge in [0, 0.05) is 0 Å². The molecule has 0 aromatic carbocycles. The summed E-state index contributed by atoms with van der Waals surface area (Å²) >= 11 is 4.03. The molecule has 0 saturated heterocycles. The molecule has 0 nitrogen and oxygen atoms in total. The third-order valence-corrected chi connectivity index (χ3v) is 4.30. The number of hydrogen-bond acceptors (Lipinski definition) is 2. The highest BCUT2D eigenvalue weighted by Gasteiger charge is 2.23. The summed E-state index contributed by atoms with van der Waals surface area (Å²) in [5, 5.41) is 0. The SMILES string of the molecule is CCB([B]SC(C)(C)C)SC(C)(C)C. The highest BCUT2D eigenvalue weighted by atomic mass is 32.2. The van der Waals surface area contributed by atoms with Crippen LogP contribution < -0.4 is 0 Å². The lowest BCUT2D eigenvalue weighted by Gasteiger charge is -2.25. The van der Waals surface area contributed by atoms with E-state index < -0.39 is 0 Å². The van der Waals surface area contributed by atoms with Gasteiger partial charge < -0.3 is 0 Å². The summed E-state index contributed by atoms with van der Waals surface area (Å²) < 4.78 is 0.724. The predicted molar refractivity (Wildman–Crippen MR) is 76.7 cm³/mol. The van der Waals surface area contributed by atoms with Crippen LogP contribution in [0.25, 0.3) is 0 Å². The molecule has 0 rings (SSSR count). The molecule has 0 aliphatic carbocycles. The van der Waals surface area contributed by atoms with E-state index in [9.17, 15) is 0 Å². The van der Waals surface area contributed by atoms with E-state index in [-0.39, 0.29) is 0 Å². The highest BCUT2D eigenvalue weighted by Crippen LogP contribution is 2.31. The van der Waals surface area contributed by atoms with E-state index in [1.54, 1.807) is 0 Å². The van der Waals surface area contributed by atoms with E-state index in [1.165, 1.54) is 6.32 Å². The molecular weight excluding hydrogens is 206 g/mol. The molecule has 0 aromatic rings. The Kier molecular flexibility index (Phi) is 6.13. The second-order valence-corrected chi connectivity index (χ2v) is 9.34. The zero-order valence-corrected chi connectivity index (χ0v) is 12.3. The maximum Gasteiger partial charge on any atom is 0.184 e. The fraction of sp³-hybridized carbons (Fsp3) is 1.00. The van der Waals surface area contributed by atoms with Gasteiger partial charge in [-0.05, 0) is 9.49 Å². The normalized spacial score (nSPS) is 12.8. The van der Waals surface area contributed by atoms with E-state index in [1.807, 2.05) is 11.6 Å². The molecule has 0 aromatic heterocycles. The van der Waals surface area contributed by atoms with Crippen LogP contribution in [0.5, 0.6) is 0 Å². The van der Waals surface area contributed by atoms with Crippen molar-refractivity contribution in [2.45, 2.75) is 64.3 Å². The maximum absolute atomic E-state index is 2.41. The largest absolute Gasteiger partial charge is 0.221 e. The van der Waals surface area contributed by atoms with Crippen molar-refractivity contribution in [3.63, 3.8) is 0 Å². The zero-order valence-electron chi connectivity index (χ0n) is 10.7. The Bertz CT molecular complexity index is 158. The second-order valence-electron chi connectivity index (χ2n) is 5.54. The molecule has 0 amide bonds. The predicted octanol–water partition coefficient (Wildman–Crippen LogP) is 4.18. The number of rotatable bonds is 4. The monoisotopic (exact) mass is 229 g/mol. The first-order valence-electron chi connectivity index (χ1n) is 5.33. The summed E-state index contributed by atoms with van der Waals surface area (Å²) in [6, 6.07) is 0. The quantitative estimate of drug-likeness (QED) is 0.663. The van der Waals surface area contributed by atoms with Gasteiger partial charge in [0.1, 0.15) is 0 Å². The van der Waals surface area contributed by atoms with E-state index >= 15 is 0 Å². The van der Waals surface area contributed by atoms with Crippen molar-refractivity contribution in [1.82, 2.24) is 0 Å². The maximum atomic E-state index is 2.41. The summed E-state index contributed by atoms with van der Waals surface area (Å²) in [6.07, 6.45) is 3.64. The van der Waals surface area contributed by atoms with E-state index in [0.717, 1.165) is 0 Å². The summed E-state index contributed by atoms with van der Waals surface area (Å²) in [7, 11) is 0. The molecule has 0 unspecified atom stereocenters. The van der Waals surface area contributed by atoms with Crippen LogP contribution in [0.4, 0.5) is 0 Å². The molecule has 0 N–H and O–H groups in total. The minimum absolute atomic E-state index is 0.353. The molecule has 0 aliphatic rings. The fourth-order valence-electron chi connectivity index (χ4n) is 0.941. The standard InChI is InChI=1S/C10H23B2S2/c1-8-12(14-10(5,6)7)11-13-9(2,3)4/h8H2,1-7H3. The van der Waals surface area contributed by atoms with Gasteiger partial charge in [0.2, 0.25) is 0 Å². The van der Waals surface area contributed by atoms with Crippen molar-refractivity contribution < 1.29 is 0 Å². The lowest BCUT2D eigenvalue weighted by Crippen LogP contribution is -2.26. The van der Waals surface area contributed by atoms with Gasteiger partial charge in [-0.2, -0.15) is 0 Å². The van der Waals surface area contributed by atoms with E-state index in [4.69, 9.17) is 0 Å². The van der Waals surface area contributed by atoms with Crippen LogP contribution in [-0.4, -0.2) is 21.8 Å². The molecule has 1 radical (unpaired) electrons. The minimum Gasteiger partial charge on any atom is -0.221 e. The van der Waals surface area contributed by atoms with Crippen molar-refractivity contribution in [3.05, 3.63) is 0 Å². The second kappa shape index (κ2) is 5.79. The van der Waals surface area contributed by atoms with Crippen molar-refractivity contribution in [1.29, 1.82) is 0 Å². The molecule has 0 heterocycles. The van der Waals surface area contributed by atoms with Gasteiger partial charge >= 0.3 is 0 Å². The Morgan fingerprint density at radius 1 is 1.00 bits per heavy atom. The Hall–Kier alpha value is 0.830. The molecule has 0 saturated carbocycles. The summed E-state index contributed by atoms with van der Waals surface area (Å²) in [6.45, 7) is 15.9. The zero-order chi connectivity index (χ0) is 11.4. The summed E-state index contributed by atoms with van der Waals surface area (Å²) in [5.74, 6) is 0.680. The molecular formula is C10H23B2S2. The molecule has 0 fully saturated rings. The molecule has 81 valence electrons. The van der Waals surface area contributed by atoms with Gasteiger partial charge in [0.25, 0.3) is 0 Å². The smallest absolute Gasteiger partial charge is 0.184 e. The van der Waals surface area contributed by atoms with Gasteiger partial charge in [-0.25, -0.2) is 23.2 Å². The average Bonchev–Trinajstić information content (AvgIpc) is 1.94. The third kappa shape index (κ3) is 9.39. The van der Waals surface area contributed by atoms with Crippen molar-refractivity contribution in [3.8, 4) is 0 Å². The highest BCUT2D eigenvalue weighted by molar-refractivity contribution is 8.42. The van der Waals surface area contributed by atoms with Crippen LogP contribution in [0.3, 0.4) is 0 Å². The minimum atomic E-state index is 0.353.